The maximum absolute atomic E-state index is 13.2. The van der Waals surface area contributed by atoms with Crippen LogP contribution in [0.15, 0.2) is 64.5 Å². The number of imide groups is 1. The van der Waals surface area contributed by atoms with Crippen molar-refractivity contribution >= 4 is 34.6 Å². The van der Waals surface area contributed by atoms with Gasteiger partial charge in [0.2, 0.25) is 5.91 Å². The number of aromatic nitrogens is 2. The van der Waals surface area contributed by atoms with Gasteiger partial charge in [-0.25, -0.2) is 9.78 Å². The Morgan fingerprint density at radius 3 is 2.50 bits per heavy atom. The zero-order valence-electron chi connectivity index (χ0n) is 15.5. The van der Waals surface area contributed by atoms with Gasteiger partial charge in [0.1, 0.15) is 0 Å². The number of benzene rings is 2. The molecule has 2 N–H and O–H groups in total. The van der Waals surface area contributed by atoms with Gasteiger partial charge in [0, 0.05) is 7.05 Å². The molecule has 0 saturated heterocycles. The first-order valence-corrected chi connectivity index (χ1v) is 9.70. The van der Waals surface area contributed by atoms with Gasteiger partial charge in [-0.15, -0.1) is 0 Å². The molecule has 1 aromatic heterocycles. The number of amides is 3. The highest BCUT2D eigenvalue weighted by molar-refractivity contribution is 7.99. The normalized spacial score (nSPS) is 11.8. The van der Waals surface area contributed by atoms with E-state index in [9.17, 15) is 14.4 Å². The number of rotatable bonds is 5. The first-order valence-electron chi connectivity index (χ1n) is 8.72. The predicted octanol–water partition coefficient (Wildman–Crippen LogP) is 2.55. The molecule has 0 aliphatic rings. The van der Waals surface area contributed by atoms with Crippen LogP contribution in [0.1, 0.15) is 18.5 Å². The summed E-state index contributed by atoms with van der Waals surface area (Å²) in [6.07, 6.45) is 0. The van der Waals surface area contributed by atoms with E-state index in [1.807, 2.05) is 43.3 Å². The summed E-state index contributed by atoms with van der Waals surface area (Å²) in [5, 5.41) is 5.48. The number of nitrogens with one attached hydrogen (secondary N) is 2. The second-order valence-electron chi connectivity index (χ2n) is 6.09. The zero-order chi connectivity index (χ0) is 20.1. The molecule has 0 fully saturated rings. The van der Waals surface area contributed by atoms with E-state index in [1.165, 1.54) is 7.05 Å². The molecule has 0 unspecified atom stereocenters. The maximum atomic E-state index is 13.2. The summed E-state index contributed by atoms with van der Waals surface area (Å²) in [6.45, 7) is 1.92. The highest BCUT2D eigenvalue weighted by Gasteiger charge is 2.19. The molecule has 28 heavy (non-hydrogen) atoms. The molecule has 1 heterocycles. The van der Waals surface area contributed by atoms with Gasteiger partial charge in [-0.1, -0.05) is 54.2 Å². The highest BCUT2D eigenvalue weighted by Crippen LogP contribution is 2.24. The lowest BCUT2D eigenvalue weighted by molar-refractivity contribution is -0.117. The monoisotopic (exact) mass is 396 g/mol. The summed E-state index contributed by atoms with van der Waals surface area (Å²) >= 11 is 1.12. The molecular weight excluding hydrogens is 376 g/mol. The van der Waals surface area contributed by atoms with E-state index in [4.69, 9.17) is 0 Å². The average Bonchev–Trinajstić information content (AvgIpc) is 2.72. The van der Waals surface area contributed by atoms with Crippen molar-refractivity contribution in [3.63, 3.8) is 0 Å². The first kappa shape index (κ1) is 19.6. The molecule has 0 aliphatic carbocycles. The predicted molar refractivity (Wildman–Crippen MR) is 110 cm³/mol. The van der Waals surface area contributed by atoms with Crippen LogP contribution in [-0.2, 0) is 4.79 Å². The molecule has 8 heteroatoms. The molecule has 0 radical (unpaired) electrons. The molecule has 0 bridgehead atoms. The number of hydrogen-bond acceptors (Lipinski definition) is 5. The molecule has 2 aromatic carbocycles. The number of carbonyl (C=O) groups is 2. The second-order valence-corrected chi connectivity index (χ2v) is 7.03. The van der Waals surface area contributed by atoms with Crippen molar-refractivity contribution in [3.05, 3.63) is 70.5 Å². The van der Waals surface area contributed by atoms with E-state index < -0.39 is 11.9 Å². The number of hydrogen-bond donors (Lipinski definition) is 2. The SMILES string of the molecule is CNC(=O)NC(=O)CSc1nc2ccccc2c(=O)n1[C@@H](C)c1ccccc1. The Balaban J connectivity index is 2.01. The molecule has 144 valence electrons. The number of urea groups is 1. The minimum atomic E-state index is -0.577. The van der Waals surface area contributed by atoms with Gasteiger partial charge >= 0.3 is 6.03 Å². The van der Waals surface area contributed by atoms with E-state index >= 15 is 0 Å². The largest absolute Gasteiger partial charge is 0.341 e. The van der Waals surface area contributed by atoms with Crippen LogP contribution in [0.25, 0.3) is 10.9 Å². The number of carbonyl (C=O) groups excluding carboxylic acids is 2. The third-order valence-corrected chi connectivity index (χ3v) is 5.21. The van der Waals surface area contributed by atoms with Crippen molar-refractivity contribution in [2.75, 3.05) is 12.8 Å². The third-order valence-electron chi connectivity index (χ3n) is 4.26. The Bertz CT molecular complexity index is 1070. The van der Waals surface area contributed by atoms with Crippen molar-refractivity contribution < 1.29 is 9.59 Å². The van der Waals surface area contributed by atoms with E-state index in [-0.39, 0.29) is 17.4 Å². The van der Waals surface area contributed by atoms with Crippen LogP contribution in [-0.4, -0.2) is 34.3 Å². The number of para-hydroxylation sites is 1. The molecule has 3 rings (SSSR count). The average molecular weight is 396 g/mol. The minimum absolute atomic E-state index is 0.0420. The summed E-state index contributed by atoms with van der Waals surface area (Å²) < 4.78 is 1.59. The fraction of sp³-hybridized carbons (Fsp3) is 0.200. The zero-order valence-corrected chi connectivity index (χ0v) is 16.3. The van der Waals surface area contributed by atoms with E-state index in [0.29, 0.717) is 16.1 Å². The van der Waals surface area contributed by atoms with Crippen LogP contribution in [0.3, 0.4) is 0 Å². The van der Waals surface area contributed by atoms with Crippen LogP contribution < -0.4 is 16.2 Å². The number of thioether (sulfide) groups is 1. The fourth-order valence-electron chi connectivity index (χ4n) is 2.80. The summed E-state index contributed by atoms with van der Waals surface area (Å²) in [5.41, 5.74) is 1.35. The summed E-state index contributed by atoms with van der Waals surface area (Å²) in [4.78, 5) is 41.1. The van der Waals surface area contributed by atoms with Crippen molar-refractivity contribution in [2.24, 2.45) is 0 Å². The Kier molecular flexibility index (Phi) is 6.10. The molecule has 3 aromatic rings. The third kappa shape index (κ3) is 4.23. The first-order chi connectivity index (χ1) is 13.5. The molecule has 7 nitrogen and oxygen atoms in total. The lowest BCUT2D eigenvalue weighted by atomic mass is 10.1. The molecule has 1 atom stereocenters. The molecule has 3 amide bonds. The molecule has 0 saturated carbocycles. The topological polar surface area (TPSA) is 93.1 Å². The van der Waals surface area contributed by atoms with Crippen molar-refractivity contribution in [3.8, 4) is 0 Å². The Labute approximate surface area is 166 Å². The van der Waals surface area contributed by atoms with Gasteiger partial charge in [0.25, 0.3) is 5.56 Å². The lowest BCUT2D eigenvalue weighted by Crippen LogP contribution is -2.38. The Morgan fingerprint density at radius 2 is 1.79 bits per heavy atom. The van der Waals surface area contributed by atoms with Crippen LogP contribution in [0.2, 0.25) is 0 Å². The van der Waals surface area contributed by atoms with E-state index in [1.54, 1.807) is 22.8 Å². The van der Waals surface area contributed by atoms with Gasteiger partial charge < -0.3 is 5.32 Å². The molecule has 0 spiro atoms. The van der Waals surface area contributed by atoms with E-state index in [2.05, 4.69) is 15.6 Å². The van der Waals surface area contributed by atoms with Gasteiger partial charge in [-0.3, -0.25) is 19.5 Å². The second kappa shape index (κ2) is 8.71. The van der Waals surface area contributed by atoms with Crippen LogP contribution in [0.4, 0.5) is 4.79 Å². The Hall–Kier alpha value is -3.13. The minimum Gasteiger partial charge on any atom is -0.341 e. The summed E-state index contributed by atoms with van der Waals surface area (Å²) in [5.74, 6) is -0.509. The maximum Gasteiger partial charge on any atom is 0.321 e. The van der Waals surface area contributed by atoms with Gasteiger partial charge in [0.05, 0.1) is 22.7 Å². The molecular formula is C20H20N4O3S. The highest BCUT2D eigenvalue weighted by atomic mass is 32.2. The van der Waals surface area contributed by atoms with Gasteiger partial charge in [0.15, 0.2) is 5.16 Å². The fourth-order valence-corrected chi connectivity index (χ4v) is 3.68. The van der Waals surface area contributed by atoms with E-state index in [0.717, 1.165) is 17.3 Å². The Morgan fingerprint density at radius 1 is 1.11 bits per heavy atom. The smallest absolute Gasteiger partial charge is 0.321 e. The quantitative estimate of drug-likeness (QED) is 0.511. The standard InChI is InChI=1S/C20H20N4O3S/c1-13(14-8-4-3-5-9-14)24-18(26)15-10-6-7-11-16(15)22-20(24)28-12-17(25)23-19(27)21-2/h3-11,13H,12H2,1-2H3,(H2,21,23,25,27)/t13-/m0/s1. The van der Waals surface area contributed by atoms with Crippen molar-refractivity contribution in [1.29, 1.82) is 0 Å². The van der Waals surface area contributed by atoms with Crippen LogP contribution in [0.5, 0.6) is 0 Å². The van der Waals surface area contributed by atoms with Gasteiger partial charge in [-0.2, -0.15) is 0 Å². The van der Waals surface area contributed by atoms with Crippen LogP contribution >= 0.6 is 11.8 Å². The lowest BCUT2D eigenvalue weighted by Gasteiger charge is -2.19. The van der Waals surface area contributed by atoms with Crippen molar-refractivity contribution in [2.45, 2.75) is 18.1 Å². The van der Waals surface area contributed by atoms with Crippen LogP contribution in [0, 0.1) is 0 Å². The van der Waals surface area contributed by atoms with Gasteiger partial charge in [-0.05, 0) is 24.6 Å². The number of fused-ring (bicyclic) bond motifs is 1. The van der Waals surface area contributed by atoms with Crippen molar-refractivity contribution in [1.82, 2.24) is 20.2 Å². The summed E-state index contributed by atoms with van der Waals surface area (Å²) in [7, 11) is 1.43. The summed E-state index contributed by atoms with van der Waals surface area (Å²) in [6, 6.07) is 15.9. The molecule has 0 aliphatic heterocycles. The number of nitrogens with zero attached hydrogens (tertiary/aromatic N) is 2.